The third-order valence-electron chi connectivity index (χ3n) is 3.53. The van der Waals surface area contributed by atoms with Gasteiger partial charge < -0.3 is 10.2 Å². The fourth-order valence-corrected chi connectivity index (χ4v) is 2.42. The van der Waals surface area contributed by atoms with Crippen LogP contribution in [0.15, 0.2) is 24.3 Å². The fourth-order valence-electron chi connectivity index (χ4n) is 2.42. The van der Waals surface area contributed by atoms with Crippen LogP contribution >= 0.6 is 0 Å². The van der Waals surface area contributed by atoms with Crippen LogP contribution in [-0.2, 0) is 6.42 Å². The number of nitrogens with zero attached hydrogens (tertiary/aromatic N) is 1. The summed E-state index contributed by atoms with van der Waals surface area (Å²) in [4.78, 5) is 14.1. The summed E-state index contributed by atoms with van der Waals surface area (Å²) in [5.41, 5.74) is 2.15. The maximum absolute atomic E-state index is 12.2. The van der Waals surface area contributed by atoms with Crippen molar-refractivity contribution in [3.05, 3.63) is 29.8 Å². The zero-order chi connectivity index (χ0) is 12.8. The second-order valence-corrected chi connectivity index (χ2v) is 4.84. The number of likely N-dealkylation sites (tertiary alicyclic amines) is 1. The average Bonchev–Trinajstić information content (AvgIpc) is 2.68. The second kappa shape index (κ2) is 6.43. The summed E-state index contributed by atoms with van der Waals surface area (Å²) < 4.78 is 0. The van der Waals surface area contributed by atoms with E-state index >= 15 is 0 Å². The topological polar surface area (TPSA) is 32.3 Å². The smallest absolute Gasteiger partial charge is 0.321 e. The van der Waals surface area contributed by atoms with Gasteiger partial charge in [-0.2, -0.15) is 0 Å². The summed E-state index contributed by atoms with van der Waals surface area (Å²) in [6, 6.07) is 8.09. The van der Waals surface area contributed by atoms with Gasteiger partial charge in [-0.3, -0.25) is 0 Å². The predicted molar refractivity (Wildman–Crippen MR) is 74.9 cm³/mol. The molecule has 18 heavy (non-hydrogen) atoms. The molecule has 0 saturated carbocycles. The van der Waals surface area contributed by atoms with Crippen LogP contribution < -0.4 is 5.32 Å². The van der Waals surface area contributed by atoms with Crippen LogP contribution in [0.3, 0.4) is 0 Å². The van der Waals surface area contributed by atoms with Crippen molar-refractivity contribution in [2.75, 3.05) is 18.4 Å². The van der Waals surface area contributed by atoms with E-state index < -0.39 is 0 Å². The van der Waals surface area contributed by atoms with Crippen LogP contribution in [0.25, 0.3) is 0 Å². The molecule has 3 nitrogen and oxygen atoms in total. The zero-order valence-corrected chi connectivity index (χ0v) is 11.1. The first-order chi connectivity index (χ1) is 8.81. The normalized spacial score (nSPS) is 16.2. The van der Waals surface area contributed by atoms with Gasteiger partial charge in [-0.15, -0.1) is 0 Å². The maximum Gasteiger partial charge on any atom is 0.321 e. The molecule has 0 unspecified atom stereocenters. The van der Waals surface area contributed by atoms with Crippen LogP contribution in [0.4, 0.5) is 10.5 Å². The van der Waals surface area contributed by atoms with Gasteiger partial charge in [0.1, 0.15) is 0 Å². The van der Waals surface area contributed by atoms with E-state index in [1.807, 2.05) is 23.1 Å². The molecule has 0 spiro atoms. The second-order valence-electron chi connectivity index (χ2n) is 4.84. The molecule has 1 saturated heterocycles. The molecule has 0 bridgehead atoms. The van der Waals surface area contributed by atoms with Gasteiger partial charge in [0.05, 0.1) is 0 Å². The monoisotopic (exact) mass is 246 g/mol. The third-order valence-corrected chi connectivity index (χ3v) is 3.53. The zero-order valence-electron chi connectivity index (χ0n) is 11.1. The van der Waals surface area contributed by atoms with E-state index in [0.29, 0.717) is 0 Å². The van der Waals surface area contributed by atoms with Crippen LogP contribution in [0, 0.1) is 0 Å². The Balaban J connectivity index is 2.01. The Morgan fingerprint density at radius 2 is 1.83 bits per heavy atom. The number of hydrogen-bond acceptors (Lipinski definition) is 1. The largest absolute Gasteiger partial charge is 0.325 e. The SMILES string of the molecule is CCc1ccccc1NC(=O)N1CCCCCC1. The lowest BCUT2D eigenvalue weighted by molar-refractivity contribution is 0.213. The van der Waals surface area contributed by atoms with E-state index in [-0.39, 0.29) is 6.03 Å². The molecule has 0 aromatic heterocycles. The summed E-state index contributed by atoms with van der Waals surface area (Å²) >= 11 is 0. The number of carbonyl (C=O) groups is 1. The van der Waals surface area contributed by atoms with Gasteiger partial charge in [0.2, 0.25) is 0 Å². The molecule has 2 amide bonds. The van der Waals surface area contributed by atoms with Gasteiger partial charge in [0, 0.05) is 18.8 Å². The molecule has 1 aliphatic rings. The molecule has 1 heterocycles. The summed E-state index contributed by atoms with van der Waals surface area (Å²) in [5.74, 6) is 0. The fraction of sp³-hybridized carbons (Fsp3) is 0.533. The molecule has 98 valence electrons. The van der Waals surface area contributed by atoms with E-state index in [1.165, 1.54) is 18.4 Å². The number of hydrogen-bond donors (Lipinski definition) is 1. The lowest BCUT2D eigenvalue weighted by Gasteiger charge is -2.21. The molecule has 0 radical (unpaired) electrons. The Morgan fingerprint density at radius 3 is 2.50 bits per heavy atom. The minimum Gasteiger partial charge on any atom is -0.325 e. The highest BCUT2D eigenvalue weighted by molar-refractivity contribution is 5.90. The van der Waals surface area contributed by atoms with Crippen molar-refractivity contribution in [2.45, 2.75) is 39.0 Å². The number of rotatable bonds is 2. The Labute approximate surface area is 109 Å². The minimum atomic E-state index is 0.0535. The maximum atomic E-state index is 12.2. The van der Waals surface area contributed by atoms with Crippen LogP contribution in [0.5, 0.6) is 0 Å². The van der Waals surface area contributed by atoms with Gasteiger partial charge >= 0.3 is 6.03 Å². The van der Waals surface area contributed by atoms with E-state index in [0.717, 1.165) is 38.0 Å². The third kappa shape index (κ3) is 3.25. The van der Waals surface area contributed by atoms with Crippen molar-refractivity contribution in [3.63, 3.8) is 0 Å². The number of aryl methyl sites for hydroxylation is 1. The minimum absolute atomic E-state index is 0.0535. The standard InChI is InChI=1S/C15H22N2O/c1-2-13-9-5-6-10-14(13)16-15(18)17-11-7-3-4-8-12-17/h5-6,9-10H,2-4,7-8,11-12H2,1H3,(H,16,18). The van der Waals surface area contributed by atoms with Crippen molar-refractivity contribution in [1.29, 1.82) is 0 Å². The van der Waals surface area contributed by atoms with Gasteiger partial charge in [0.15, 0.2) is 0 Å². The first-order valence-electron chi connectivity index (χ1n) is 6.95. The van der Waals surface area contributed by atoms with Crippen molar-refractivity contribution < 1.29 is 4.79 Å². The van der Waals surface area contributed by atoms with Gasteiger partial charge in [-0.1, -0.05) is 38.0 Å². The molecular weight excluding hydrogens is 224 g/mol. The van der Waals surface area contributed by atoms with Crippen molar-refractivity contribution in [3.8, 4) is 0 Å². The van der Waals surface area contributed by atoms with Gasteiger partial charge in [-0.25, -0.2) is 4.79 Å². The molecule has 2 rings (SSSR count). The van der Waals surface area contributed by atoms with E-state index in [2.05, 4.69) is 18.3 Å². The highest BCUT2D eigenvalue weighted by Crippen LogP contribution is 2.17. The van der Waals surface area contributed by atoms with E-state index in [1.54, 1.807) is 0 Å². The Hall–Kier alpha value is -1.51. The Bertz CT molecular complexity index is 395. The number of benzene rings is 1. The van der Waals surface area contributed by atoms with Gasteiger partial charge in [-0.05, 0) is 30.9 Å². The van der Waals surface area contributed by atoms with Crippen LogP contribution in [0.1, 0.15) is 38.2 Å². The summed E-state index contributed by atoms with van der Waals surface area (Å²) in [5, 5.41) is 3.05. The summed E-state index contributed by atoms with van der Waals surface area (Å²) in [6.07, 6.45) is 5.69. The van der Waals surface area contributed by atoms with E-state index in [4.69, 9.17) is 0 Å². The number of anilines is 1. The molecule has 0 atom stereocenters. The average molecular weight is 246 g/mol. The lowest BCUT2D eigenvalue weighted by atomic mass is 10.1. The highest BCUT2D eigenvalue weighted by atomic mass is 16.2. The molecule has 1 N–H and O–H groups in total. The summed E-state index contributed by atoms with van der Waals surface area (Å²) in [6.45, 7) is 3.89. The molecule has 1 fully saturated rings. The number of para-hydroxylation sites is 1. The lowest BCUT2D eigenvalue weighted by Crippen LogP contribution is -2.35. The molecule has 3 heteroatoms. The quantitative estimate of drug-likeness (QED) is 0.848. The summed E-state index contributed by atoms with van der Waals surface area (Å²) in [7, 11) is 0. The van der Waals surface area contributed by atoms with Gasteiger partial charge in [0.25, 0.3) is 0 Å². The van der Waals surface area contributed by atoms with Crippen molar-refractivity contribution >= 4 is 11.7 Å². The molecule has 1 aromatic carbocycles. The number of urea groups is 1. The molecular formula is C15H22N2O. The molecule has 0 aliphatic carbocycles. The Kier molecular flexibility index (Phi) is 4.62. The van der Waals surface area contributed by atoms with Crippen LogP contribution in [0.2, 0.25) is 0 Å². The molecule has 1 aromatic rings. The Morgan fingerprint density at radius 1 is 1.17 bits per heavy atom. The number of amides is 2. The van der Waals surface area contributed by atoms with E-state index in [9.17, 15) is 4.79 Å². The number of nitrogens with one attached hydrogen (secondary N) is 1. The van der Waals surface area contributed by atoms with Crippen LogP contribution in [-0.4, -0.2) is 24.0 Å². The molecule has 1 aliphatic heterocycles. The van der Waals surface area contributed by atoms with Crippen molar-refractivity contribution in [2.24, 2.45) is 0 Å². The first kappa shape index (κ1) is 12.9. The number of carbonyl (C=O) groups excluding carboxylic acids is 1. The van der Waals surface area contributed by atoms with Crippen molar-refractivity contribution in [1.82, 2.24) is 4.90 Å². The highest BCUT2D eigenvalue weighted by Gasteiger charge is 2.15. The predicted octanol–water partition coefficient (Wildman–Crippen LogP) is 3.66. The first-order valence-corrected chi connectivity index (χ1v) is 6.95.